The van der Waals surface area contributed by atoms with Crippen LogP contribution in [0.15, 0.2) is 48.6 Å². The van der Waals surface area contributed by atoms with E-state index < -0.39 is 33.4 Å². The first-order valence-corrected chi connectivity index (χ1v) is 17.4. The van der Waals surface area contributed by atoms with E-state index in [1.807, 2.05) is 12.1 Å². The number of carbonyl (C=O) groups excluding carboxylic acids is 1. The average molecular weight is 627 g/mol. The van der Waals surface area contributed by atoms with Crippen molar-refractivity contribution in [2.24, 2.45) is 17.8 Å². The van der Waals surface area contributed by atoms with E-state index in [0.717, 1.165) is 42.8 Å². The third-order valence-corrected chi connectivity index (χ3v) is 12.8. The second kappa shape index (κ2) is 11.1. The van der Waals surface area contributed by atoms with E-state index in [2.05, 4.69) is 21.8 Å². The van der Waals surface area contributed by atoms with Gasteiger partial charge in [0.25, 0.3) is 5.91 Å². The Balaban J connectivity index is 1.29. The van der Waals surface area contributed by atoms with Gasteiger partial charge in [-0.25, -0.2) is 13.1 Å². The third-order valence-electron chi connectivity index (χ3n) is 10.7. The standard InChI is InChI=1S/C33H39ClN2O6S/c34-24-8-10-27-20(13-24)4-2-12-33(27)18-36-17-23-6-9-26(23)29(38)5-1-3-21-14-25(37)16-31(21)43(40,41)35-32(39)22-7-11-30(42-19-33)28(36)15-22/h1,5,7-8,10-11,13,15,21,23,25-26,29,31,37-38H,2-4,6,9,12,14,16-19H2,(H,35,39)/b5-1+/t21-,23-,25-,26+,29-,31-,33-/m0/s1. The van der Waals surface area contributed by atoms with Gasteiger partial charge in [0, 0.05) is 29.1 Å². The summed E-state index contributed by atoms with van der Waals surface area (Å²) in [6.07, 6.45) is 7.96. The molecule has 2 aliphatic heterocycles. The number of aliphatic hydroxyl groups excluding tert-OH is 2. The van der Waals surface area contributed by atoms with Gasteiger partial charge in [-0.05, 0) is 111 Å². The van der Waals surface area contributed by atoms with Gasteiger partial charge in [0.05, 0.1) is 29.8 Å². The summed E-state index contributed by atoms with van der Waals surface area (Å²) >= 11 is 6.38. The molecule has 230 valence electrons. The molecule has 10 heteroatoms. The highest BCUT2D eigenvalue weighted by Crippen LogP contribution is 2.47. The summed E-state index contributed by atoms with van der Waals surface area (Å²) in [7, 11) is -4.05. The van der Waals surface area contributed by atoms with E-state index in [1.54, 1.807) is 24.3 Å². The van der Waals surface area contributed by atoms with Crippen LogP contribution in [0.3, 0.4) is 0 Å². The summed E-state index contributed by atoms with van der Waals surface area (Å²) in [6, 6.07) is 11.3. The van der Waals surface area contributed by atoms with E-state index in [9.17, 15) is 23.4 Å². The predicted octanol–water partition coefficient (Wildman–Crippen LogP) is 4.36. The zero-order valence-electron chi connectivity index (χ0n) is 24.1. The van der Waals surface area contributed by atoms with Gasteiger partial charge in [0.15, 0.2) is 0 Å². The van der Waals surface area contributed by atoms with E-state index in [1.165, 1.54) is 11.1 Å². The summed E-state index contributed by atoms with van der Waals surface area (Å²) in [6.45, 7) is 1.85. The Labute approximate surface area is 258 Å². The number of aliphatic hydroxyl groups is 2. The number of fused-ring (bicyclic) bond motifs is 5. The summed E-state index contributed by atoms with van der Waals surface area (Å²) < 4.78 is 35.7. The van der Waals surface area contributed by atoms with Gasteiger partial charge in [0.1, 0.15) is 5.75 Å². The molecule has 0 saturated heterocycles. The van der Waals surface area contributed by atoms with Crippen LogP contribution in [0.4, 0.5) is 5.69 Å². The number of rotatable bonds is 0. The molecule has 2 bridgehead atoms. The maximum absolute atomic E-state index is 13.5. The average Bonchev–Trinajstić information content (AvgIpc) is 3.26. The molecule has 0 radical (unpaired) electrons. The fourth-order valence-electron chi connectivity index (χ4n) is 8.29. The molecule has 2 aromatic rings. The Morgan fingerprint density at radius 2 is 1.93 bits per heavy atom. The van der Waals surface area contributed by atoms with Crippen molar-refractivity contribution in [1.29, 1.82) is 0 Å². The van der Waals surface area contributed by atoms with E-state index >= 15 is 0 Å². The number of nitrogens with one attached hydrogen (secondary N) is 1. The van der Waals surface area contributed by atoms with Crippen LogP contribution in [0.1, 0.15) is 66.4 Å². The summed E-state index contributed by atoms with van der Waals surface area (Å²) in [5.74, 6) is -0.0183. The number of hydrogen-bond donors (Lipinski definition) is 3. The molecule has 7 rings (SSSR count). The van der Waals surface area contributed by atoms with Crippen molar-refractivity contribution in [1.82, 2.24) is 4.72 Å². The van der Waals surface area contributed by atoms with Gasteiger partial charge >= 0.3 is 0 Å². The second-order valence-corrected chi connectivity index (χ2v) is 15.7. The van der Waals surface area contributed by atoms with Gasteiger partial charge in [-0.3, -0.25) is 4.79 Å². The molecule has 3 N–H and O–H groups in total. The number of hydrogen-bond acceptors (Lipinski definition) is 7. The number of sulfonamides is 1. The van der Waals surface area contributed by atoms with E-state index in [4.69, 9.17) is 16.3 Å². The number of halogens is 1. The molecule has 2 aromatic carbocycles. The molecule has 2 heterocycles. The van der Waals surface area contributed by atoms with Crippen LogP contribution in [0.5, 0.6) is 5.75 Å². The minimum Gasteiger partial charge on any atom is -0.490 e. The number of benzene rings is 2. The monoisotopic (exact) mass is 626 g/mol. The minimum absolute atomic E-state index is 0.0783. The first-order chi connectivity index (χ1) is 20.6. The van der Waals surface area contributed by atoms with Gasteiger partial charge in [-0.1, -0.05) is 29.8 Å². The minimum atomic E-state index is -4.05. The molecule has 5 aliphatic rings. The van der Waals surface area contributed by atoms with Crippen molar-refractivity contribution in [2.45, 2.75) is 74.2 Å². The third kappa shape index (κ3) is 5.36. The van der Waals surface area contributed by atoms with Crippen molar-refractivity contribution in [3.8, 4) is 5.75 Å². The van der Waals surface area contributed by atoms with Crippen LogP contribution >= 0.6 is 11.6 Å². The lowest BCUT2D eigenvalue weighted by Crippen LogP contribution is -2.49. The first kappa shape index (κ1) is 29.1. The SMILES string of the molecule is O=C1NS(=O)(=O)[C@H]2C[C@@H](O)C[C@@H]2C/C=C/[C@H](O)[C@@H]2CC[C@H]2CN2C[C@@]3(CCCc4cc(Cl)ccc43)COc3ccc1cc32. The topological polar surface area (TPSA) is 116 Å². The van der Waals surface area contributed by atoms with Crippen LogP contribution in [-0.2, 0) is 21.9 Å². The normalized spacial score (nSPS) is 35.8. The van der Waals surface area contributed by atoms with E-state index in [-0.39, 0.29) is 35.2 Å². The number of nitrogens with zero attached hydrogens (tertiary/aromatic N) is 1. The highest BCUT2D eigenvalue weighted by molar-refractivity contribution is 7.90. The number of ether oxygens (including phenoxy) is 1. The van der Waals surface area contributed by atoms with E-state index in [0.29, 0.717) is 38.3 Å². The summed E-state index contributed by atoms with van der Waals surface area (Å²) in [5.41, 5.74) is 3.22. The van der Waals surface area contributed by atoms with Gasteiger partial charge in [-0.2, -0.15) is 0 Å². The zero-order chi connectivity index (χ0) is 29.9. The van der Waals surface area contributed by atoms with Crippen LogP contribution in [0, 0.1) is 17.8 Å². The second-order valence-electron chi connectivity index (χ2n) is 13.3. The lowest BCUT2D eigenvalue weighted by Gasteiger charge is -2.45. The van der Waals surface area contributed by atoms with Crippen molar-refractivity contribution in [3.05, 3.63) is 70.3 Å². The highest BCUT2D eigenvalue weighted by atomic mass is 35.5. The molecule has 3 aliphatic carbocycles. The van der Waals surface area contributed by atoms with Crippen molar-refractivity contribution in [3.63, 3.8) is 0 Å². The van der Waals surface area contributed by atoms with Crippen molar-refractivity contribution >= 4 is 33.2 Å². The molecule has 7 atom stereocenters. The van der Waals surface area contributed by atoms with Gasteiger partial charge in [0.2, 0.25) is 10.0 Å². The molecule has 0 unspecified atom stereocenters. The van der Waals surface area contributed by atoms with Crippen LogP contribution < -0.4 is 14.4 Å². The molecule has 43 heavy (non-hydrogen) atoms. The Bertz CT molecular complexity index is 1560. The molecular formula is C33H39ClN2O6S. The number of anilines is 1. The summed E-state index contributed by atoms with van der Waals surface area (Å²) in [5, 5.41) is 21.4. The largest absolute Gasteiger partial charge is 0.490 e. The van der Waals surface area contributed by atoms with Crippen molar-refractivity contribution in [2.75, 3.05) is 24.6 Å². The fourth-order valence-corrected chi connectivity index (χ4v) is 10.2. The molecular weight excluding hydrogens is 588 g/mol. The first-order valence-electron chi connectivity index (χ1n) is 15.5. The highest BCUT2D eigenvalue weighted by Gasteiger charge is 2.45. The summed E-state index contributed by atoms with van der Waals surface area (Å²) in [4.78, 5) is 15.8. The smallest absolute Gasteiger partial charge is 0.264 e. The Morgan fingerprint density at radius 1 is 1.07 bits per heavy atom. The van der Waals surface area contributed by atoms with Gasteiger partial charge < -0.3 is 19.8 Å². The Hall–Kier alpha value is -2.59. The lowest BCUT2D eigenvalue weighted by molar-refractivity contribution is 0.0455. The molecule has 2 saturated carbocycles. The van der Waals surface area contributed by atoms with Crippen LogP contribution in [0.25, 0.3) is 0 Å². The Kier molecular flexibility index (Phi) is 7.51. The number of carbonyl (C=O) groups is 1. The van der Waals surface area contributed by atoms with Crippen LogP contribution in [-0.4, -0.2) is 61.7 Å². The molecule has 1 amide bonds. The fraction of sp³-hybridized carbons (Fsp3) is 0.545. The number of amides is 1. The molecule has 8 nitrogen and oxygen atoms in total. The number of aryl methyl sites for hydroxylation is 1. The maximum Gasteiger partial charge on any atom is 0.264 e. The Morgan fingerprint density at radius 3 is 2.74 bits per heavy atom. The van der Waals surface area contributed by atoms with Crippen molar-refractivity contribution < 1.29 is 28.2 Å². The predicted molar refractivity (Wildman–Crippen MR) is 165 cm³/mol. The zero-order valence-corrected chi connectivity index (χ0v) is 25.7. The molecule has 0 aromatic heterocycles. The molecule has 1 spiro atoms. The molecule has 2 fully saturated rings. The van der Waals surface area contributed by atoms with Gasteiger partial charge in [-0.15, -0.1) is 0 Å². The quantitative estimate of drug-likeness (QED) is 0.372. The van der Waals surface area contributed by atoms with Crippen LogP contribution in [0.2, 0.25) is 5.02 Å². The maximum atomic E-state index is 13.5. The number of allylic oxidation sites excluding steroid dienone is 1. The lowest BCUT2D eigenvalue weighted by atomic mass is 9.68.